The molecular formula is C21H20ClN3O4S. The highest BCUT2D eigenvalue weighted by Crippen LogP contribution is 2.47. The van der Waals surface area contributed by atoms with Crippen molar-refractivity contribution < 1.29 is 14.5 Å². The molecule has 0 atom stereocenters. The second-order valence-corrected chi connectivity index (χ2v) is 9.26. The Morgan fingerprint density at radius 1 is 1.17 bits per heavy atom. The average Bonchev–Trinajstić information content (AvgIpc) is 3.04. The van der Waals surface area contributed by atoms with Crippen molar-refractivity contribution in [3.05, 3.63) is 68.7 Å². The lowest BCUT2D eigenvalue weighted by Crippen LogP contribution is -2.53. The maximum absolute atomic E-state index is 12.9. The fourth-order valence-corrected chi connectivity index (χ4v) is 5.53. The van der Waals surface area contributed by atoms with E-state index in [0.717, 1.165) is 5.69 Å². The summed E-state index contributed by atoms with van der Waals surface area (Å²) in [6, 6.07) is 11.8. The van der Waals surface area contributed by atoms with Gasteiger partial charge in [0.25, 0.3) is 11.6 Å². The van der Waals surface area contributed by atoms with Gasteiger partial charge in [-0.2, -0.15) is 0 Å². The molecule has 2 aromatic carbocycles. The molecular weight excluding hydrogens is 426 g/mol. The highest BCUT2D eigenvalue weighted by atomic mass is 35.5. The lowest BCUT2D eigenvalue weighted by molar-refractivity contribution is -0.385. The van der Waals surface area contributed by atoms with E-state index in [1.54, 1.807) is 47.9 Å². The molecule has 2 aliphatic heterocycles. The standard InChI is InChI=1S/C21H20ClN3O4S/c1-14-2-3-15(12-18(14)25(28)29)20(27)23-10-8-21(9-11-23)24(19(26)13-30-21)17-6-4-16(22)5-7-17/h2-7,12H,8-11,13H2,1H3. The van der Waals surface area contributed by atoms with Gasteiger partial charge >= 0.3 is 0 Å². The minimum atomic E-state index is -0.470. The van der Waals surface area contributed by atoms with Gasteiger partial charge in [-0.25, -0.2) is 0 Å². The van der Waals surface area contributed by atoms with Gasteiger partial charge in [-0.3, -0.25) is 24.6 Å². The highest BCUT2D eigenvalue weighted by molar-refractivity contribution is 8.02. The Balaban J connectivity index is 1.52. The van der Waals surface area contributed by atoms with Crippen molar-refractivity contribution in [2.45, 2.75) is 24.6 Å². The lowest BCUT2D eigenvalue weighted by atomic mass is 10.00. The third-order valence-corrected chi connectivity index (χ3v) is 7.46. The van der Waals surface area contributed by atoms with Crippen LogP contribution in [-0.4, -0.2) is 45.4 Å². The number of thioether (sulfide) groups is 1. The molecule has 0 aromatic heterocycles. The zero-order chi connectivity index (χ0) is 21.5. The molecule has 0 N–H and O–H groups in total. The monoisotopic (exact) mass is 445 g/mol. The number of piperidine rings is 1. The summed E-state index contributed by atoms with van der Waals surface area (Å²) in [6.45, 7) is 2.60. The summed E-state index contributed by atoms with van der Waals surface area (Å²) in [5, 5.41) is 11.8. The first-order valence-corrected chi connectivity index (χ1v) is 10.9. The van der Waals surface area contributed by atoms with Gasteiger partial charge in [-0.05, 0) is 50.1 Å². The molecule has 0 unspecified atom stereocenters. The molecule has 0 radical (unpaired) electrons. The van der Waals surface area contributed by atoms with Crippen molar-refractivity contribution in [1.82, 2.24) is 4.90 Å². The normalized spacial score (nSPS) is 18.1. The van der Waals surface area contributed by atoms with Gasteiger partial charge in [0.2, 0.25) is 5.91 Å². The van der Waals surface area contributed by atoms with Gasteiger partial charge in [0, 0.05) is 41.0 Å². The number of nitro benzene ring substituents is 1. The molecule has 7 nitrogen and oxygen atoms in total. The van der Waals surface area contributed by atoms with Crippen LogP contribution >= 0.6 is 23.4 Å². The van der Waals surface area contributed by atoms with Crippen LogP contribution in [0, 0.1) is 17.0 Å². The first kappa shape index (κ1) is 20.7. The predicted octanol–water partition coefficient (Wildman–Crippen LogP) is 4.27. The van der Waals surface area contributed by atoms with E-state index in [1.165, 1.54) is 6.07 Å². The second kappa shape index (κ2) is 7.92. The lowest BCUT2D eigenvalue weighted by Gasteiger charge is -2.44. The Hall–Kier alpha value is -2.58. The van der Waals surface area contributed by atoms with Crippen molar-refractivity contribution >= 4 is 46.6 Å². The third kappa shape index (κ3) is 3.65. The van der Waals surface area contributed by atoms with Gasteiger partial charge in [-0.1, -0.05) is 17.7 Å². The molecule has 0 aliphatic carbocycles. The van der Waals surface area contributed by atoms with E-state index in [9.17, 15) is 19.7 Å². The maximum Gasteiger partial charge on any atom is 0.273 e. The maximum atomic E-state index is 12.9. The molecule has 1 spiro atoms. The van der Waals surface area contributed by atoms with E-state index in [1.807, 2.05) is 17.0 Å². The number of nitro groups is 1. The number of amides is 2. The number of carbonyl (C=O) groups excluding carboxylic acids is 2. The minimum absolute atomic E-state index is 0.0521. The SMILES string of the molecule is Cc1ccc(C(=O)N2CCC3(CC2)SCC(=O)N3c2ccc(Cl)cc2)cc1[N+](=O)[O-]. The van der Waals surface area contributed by atoms with Crippen LogP contribution in [0.3, 0.4) is 0 Å². The van der Waals surface area contributed by atoms with Crippen molar-refractivity contribution in [1.29, 1.82) is 0 Å². The molecule has 2 fully saturated rings. The molecule has 9 heteroatoms. The molecule has 156 valence electrons. The molecule has 2 aromatic rings. The number of likely N-dealkylation sites (tertiary alicyclic amines) is 1. The van der Waals surface area contributed by atoms with Crippen molar-refractivity contribution in [3.63, 3.8) is 0 Å². The summed E-state index contributed by atoms with van der Waals surface area (Å²) in [5.74, 6) is 0.234. The first-order valence-electron chi connectivity index (χ1n) is 9.58. The van der Waals surface area contributed by atoms with Crippen LogP contribution < -0.4 is 4.90 Å². The van der Waals surface area contributed by atoms with Crippen molar-refractivity contribution in [2.75, 3.05) is 23.7 Å². The topological polar surface area (TPSA) is 83.8 Å². The van der Waals surface area contributed by atoms with Crippen LogP contribution in [0.4, 0.5) is 11.4 Å². The predicted molar refractivity (Wildman–Crippen MR) is 117 cm³/mol. The van der Waals surface area contributed by atoms with E-state index < -0.39 is 4.92 Å². The number of anilines is 1. The highest BCUT2D eigenvalue weighted by Gasteiger charge is 2.49. The minimum Gasteiger partial charge on any atom is -0.338 e. The smallest absolute Gasteiger partial charge is 0.273 e. The first-order chi connectivity index (χ1) is 14.3. The fourth-order valence-electron chi connectivity index (χ4n) is 4.07. The van der Waals surface area contributed by atoms with Gasteiger partial charge < -0.3 is 4.90 Å². The van der Waals surface area contributed by atoms with Crippen molar-refractivity contribution in [2.24, 2.45) is 0 Å². The Bertz CT molecular complexity index is 1020. The van der Waals surface area contributed by atoms with Crippen LogP contribution in [-0.2, 0) is 4.79 Å². The number of aryl methyl sites for hydroxylation is 1. The summed E-state index contributed by atoms with van der Waals surface area (Å²) < 4.78 is 0. The van der Waals surface area contributed by atoms with Gasteiger partial charge in [0.05, 0.1) is 15.5 Å². The molecule has 0 saturated carbocycles. The average molecular weight is 446 g/mol. The molecule has 2 aliphatic rings. The molecule has 4 rings (SSSR count). The molecule has 2 saturated heterocycles. The molecule has 2 heterocycles. The van der Waals surface area contributed by atoms with Crippen LogP contribution in [0.2, 0.25) is 5.02 Å². The van der Waals surface area contributed by atoms with Crippen LogP contribution in [0.15, 0.2) is 42.5 Å². The van der Waals surface area contributed by atoms with Crippen LogP contribution in [0.5, 0.6) is 0 Å². The van der Waals surface area contributed by atoms with E-state index in [0.29, 0.717) is 47.8 Å². The molecule has 0 bridgehead atoms. The van der Waals surface area contributed by atoms with Gasteiger partial charge in [-0.15, -0.1) is 11.8 Å². The number of hydrogen-bond acceptors (Lipinski definition) is 5. The summed E-state index contributed by atoms with van der Waals surface area (Å²) in [5.41, 5.74) is 1.59. The molecule has 2 amide bonds. The van der Waals surface area contributed by atoms with E-state index in [2.05, 4.69) is 0 Å². The largest absolute Gasteiger partial charge is 0.338 e. The Kier molecular flexibility index (Phi) is 5.46. The zero-order valence-corrected chi connectivity index (χ0v) is 17.9. The number of carbonyl (C=O) groups is 2. The summed E-state index contributed by atoms with van der Waals surface area (Å²) >= 11 is 7.60. The van der Waals surface area contributed by atoms with Gasteiger partial charge in [0.1, 0.15) is 0 Å². The van der Waals surface area contributed by atoms with Crippen LogP contribution in [0.1, 0.15) is 28.8 Å². The van der Waals surface area contributed by atoms with Crippen molar-refractivity contribution in [3.8, 4) is 0 Å². The van der Waals surface area contributed by atoms with E-state index in [4.69, 9.17) is 11.6 Å². The summed E-state index contributed by atoms with van der Waals surface area (Å²) in [6.07, 6.45) is 1.26. The Morgan fingerprint density at radius 3 is 2.47 bits per heavy atom. The Labute approximate surface area is 183 Å². The number of nitrogens with zero attached hydrogens (tertiary/aromatic N) is 3. The zero-order valence-electron chi connectivity index (χ0n) is 16.3. The number of rotatable bonds is 3. The molecule has 30 heavy (non-hydrogen) atoms. The Morgan fingerprint density at radius 2 is 1.83 bits per heavy atom. The number of hydrogen-bond donors (Lipinski definition) is 0. The number of halogens is 1. The summed E-state index contributed by atoms with van der Waals surface area (Å²) in [7, 11) is 0. The fraction of sp³-hybridized carbons (Fsp3) is 0.333. The third-order valence-electron chi connectivity index (χ3n) is 5.69. The van der Waals surface area contributed by atoms with E-state index in [-0.39, 0.29) is 22.4 Å². The quantitative estimate of drug-likeness (QED) is 0.520. The van der Waals surface area contributed by atoms with Crippen LogP contribution in [0.25, 0.3) is 0 Å². The second-order valence-electron chi connectivity index (χ2n) is 7.49. The van der Waals surface area contributed by atoms with Gasteiger partial charge in [0.15, 0.2) is 0 Å². The van der Waals surface area contributed by atoms with E-state index >= 15 is 0 Å². The number of benzene rings is 2. The summed E-state index contributed by atoms with van der Waals surface area (Å²) in [4.78, 5) is 39.5.